The number of amides is 1. The zero-order valence-corrected chi connectivity index (χ0v) is 9.98. The third-order valence-electron chi connectivity index (χ3n) is 2.40. The summed E-state index contributed by atoms with van der Waals surface area (Å²) in [5.41, 5.74) is 1.15. The molecule has 78 valence electrons. The Morgan fingerprint density at radius 3 is 2.73 bits per heavy atom. The minimum absolute atomic E-state index is 0.0267. The summed E-state index contributed by atoms with van der Waals surface area (Å²) in [6.45, 7) is 1.56. The smallest absolute Gasteiger partial charge is 0.225 e. The minimum atomic E-state index is 0.0267. The summed E-state index contributed by atoms with van der Waals surface area (Å²) in [4.78, 5) is 13.2. The van der Waals surface area contributed by atoms with Gasteiger partial charge in [0, 0.05) is 12.7 Å². The molecule has 1 aliphatic rings. The Balaban J connectivity index is 2.30. The largest absolute Gasteiger partial charge is 0.290 e. The highest BCUT2D eigenvalue weighted by molar-refractivity contribution is 8.23. The molecule has 0 radical (unpaired) electrons. The average molecular weight is 237 g/mol. The predicted molar refractivity (Wildman–Crippen MR) is 66.8 cm³/mol. The van der Waals surface area contributed by atoms with Crippen LogP contribution in [0.1, 0.15) is 18.5 Å². The van der Waals surface area contributed by atoms with Crippen LogP contribution in [0.4, 0.5) is 0 Å². The predicted octanol–water partition coefficient (Wildman–Crippen LogP) is 2.61. The number of hydrogen-bond donors (Lipinski definition) is 0. The first-order chi connectivity index (χ1) is 7.20. The molecule has 1 heterocycles. The highest BCUT2D eigenvalue weighted by atomic mass is 32.2. The highest BCUT2D eigenvalue weighted by Gasteiger charge is 2.32. The number of nitrogens with zero attached hydrogens (tertiary/aromatic N) is 1. The van der Waals surface area contributed by atoms with Gasteiger partial charge < -0.3 is 0 Å². The summed E-state index contributed by atoms with van der Waals surface area (Å²) in [5, 5.41) is 0. The van der Waals surface area contributed by atoms with Gasteiger partial charge in [0.1, 0.15) is 4.32 Å². The van der Waals surface area contributed by atoms with Crippen molar-refractivity contribution >= 4 is 34.2 Å². The van der Waals surface area contributed by atoms with Crippen molar-refractivity contribution in [3.63, 3.8) is 0 Å². The van der Waals surface area contributed by atoms with E-state index in [-0.39, 0.29) is 11.9 Å². The van der Waals surface area contributed by atoms with Gasteiger partial charge in [-0.15, -0.1) is 0 Å². The summed E-state index contributed by atoms with van der Waals surface area (Å²) in [5.74, 6) is 0.890. The number of carbonyl (C=O) groups is 1. The van der Waals surface area contributed by atoms with Crippen LogP contribution in [0.25, 0.3) is 0 Å². The molecule has 0 unspecified atom stereocenters. The molecule has 0 saturated carbocycles. The molecule has 2 rings (SSSR count). The molecule has 1 aromatic carbocycles. The first-order valence-corrected chi connectivity index (χ1v) is 6.11. The summed E-state index contributed by atoms with van der Waals surface area (Å²) < 4.78 is 0.691. The van der Waals surface area contributed by atoms with Gasteiger partial charge in [0.25, 0.3) is 0 Å². The normalized spacial score (nSPS) is 20.7. The third-order valence-corrected chi connectivity index (χ3v) is 3.87. The van der Waals surface area contributed by atoms with Crippen LogP contribution in [0, 0.1) is 0 Å². The van der Waals surface area contributed by atoms with Crippen molar-refractivity contribution in [2.45, 2.75) is 13.0 Å². The Morgan fingerprint density at radius 2 is 2.13 bits per heavy atom. The van der Waals surface area contributed by atoms with Gasteiger partial charge in [-0.1, -0.05) is 54.3 Å². The number of rotatable bonds is 1. The SMILES string of the molecule is CC(=O)N1C(=S)SC[C@H]1c1ccccc1. The molecule has 0 aromatic heterocycles. The van der Waals surface area contributed by atoms with Gasteiger partial charge in [0.05, 0.1) is 6.04 Å². The van der Waals surface area contributed by atoms with Gasteiger partial charge in [0.15, 0.2) is 0 Å². The molecule has 0 N–H and O–H groups in total. The fourth-order valence-electron chi connectivity index (χ4n) is 1.69. The second-order valence-electron chi connectivity index (χ2n) is 3.39. The molecule has 0 aliphatic carbocycles. The van der Waals surface area contributed by atoms with Gasteiger partial charge in [-0.2, -0.15) is 0 Å². The molecule has 1 aromatic rings. The third kappa shape index (κ3) is 2.06. The van der Waals surface area contributed by atoms with E-state index < -0.39 is 0 Å². The molecule has 1 saturated heterocycles. The van der Waals surface area contributed by atoms with Gasteiger partial charge >= 0.3 is 0 Å². The van der Waals surface area contributed by atoms with Gasteiger partial charge in [0.2, 0.25) is 5.91 Å². The topological polar surface area (TPSA) is 20.3 Å². The first kappa shape index (κ1) is 10.6. The first-order valence-electron chi connectivity index (χ1n) is 4.71. The molecular weight excluding hydrogens is 226 g/mol. The molecular formula is C11H11NOS2. The Kier molecular flexibility index (Phi) is 3.07. The Hall–Kier alpha value is -0.870. The lowest BCUT2D eigenvalue weighted by Gasteiger charge is -2.22. The number of thioether (sulfide) groups is 1. The zero-order chi connectivity index (χ0) is 10.8. The van der Waals surface area contributed by atoms with E-state index in [0.29, 0.717) is 4.32 Å². The number of thiocarbonyl (C=S) groups is 1. The van der Waals surface area contributed by atoms with Crippen molar-refractivity contribution in [1.29, 1.82) is 0 Å². The standard InChI is InChI=1S/C11H11NOS2/c1-8(13)12-10(7-15-11(12)14)9-5-3-2-4-6-9/h2-6,10H,7H2,1H3/t10-/m0/s1. The second-order valence-corrected chi connectivity index (χ2v) is 5.05. The van der Waals surface area contributed by atoms with Crippen LogP contribution in [-0.2, 0) is 4.79 Å². The average Bonchev–Trinajstić information content (AvgIpc) is 2.61. The molecule has 4 heteroatoms. The maximum atomic E-state index is 11.5. The van der Waals surface area contributed by atoms with Crippen molar-refractivity contribution in [1.82, 2.24) is 4.90 Å². The number of hydrogen-bond acceptors (Lipinski definition) is 3. The Morgan fingerprint density at radius 1 is 1.47 bits per heavy atom. The Labute approximate surface area is 98.7 Å². The molecule has 1 atom stereocenters. The van der Waals surface area contributed by atoms with Gasteiger partial charge in [-0.3, -0.25) is 9.69 Å². The quantitative estimate of drug-likeness (QED) is 0.700. The number of benzene rings is 1. The lowest BCUT2D eigenvalue weighted by atomic mass is 10.1. The molecule has 2 nitrogen and oxygen atoms in total. The Bertz CT molecular complexity index is 391. The highest BCUT2D eigenvalue weighted by Crippen LogP contribution is 2.35. The van der Waals surface area contributed by atoms with E-state index in [0.717, 1.165) is 11.3 Å². The monoisotopic (exact) mass is 237 g/mol. The van der Waals surface area contributed by atoms with Crippen LogP contribution < -0.4 is 0 Å². The fraction of sp³-hybridized carbons (Fsp3) is 0.273. The fourth-order valence-corrected chi connectivity index (χ4v) is 3.19. The van der Waals surface area contributed by atoms with Crippen LogP contribution in [0.3, 0.4) is 0 Å². The van der Waals surface area contributed by atoms with Crippen LogP contribution in [0.2, 0.25) is 0 Å². The van der Waals surface area contributed by atoms with E-state index in [1.807, 2.05) is 30.3 Å². The second kappa shape index (κ2) is 4.33. The minimum Gasteiger partial charge on any atom is -0.290 e. The molecule has 0 bridgehead atoms. The maximum Gasteiger partial charge on any atom is 0.225 e. The van der Waals surface area contributed by atoms with Crippen molar-refractivity contribution in [2.75, 3.05) is 5.75 Å². The van der Waals surface area contributed by atoms with E-state index in [1.54, 1.807) is 23.6 Å². The van der Waals surface area contributed by atoms with Crippen LogP contribution >= 0.6 is 24.0 Å². The summed E-state index contributed by atoms with van der Waals surface area (Å²) >= 11 is 6.73. The van der Waals surface area contributed by atoms with E-state index in [9.17, 15) is 4.79 Å². The van der Waals surface area contributed by atoms with Crippen molar-refractivity contribution in [2.24, 2.45) is 0 Å². The van der Waals surface area contributed by atoms with Gasteiger partial charge in [-0.25, -0.2) is 0 Å². The van der Waals surface area contributed by atoms with E-state index in [1.165, 1.54) is 0 Å². The van der Waals surface area contributed by atoms with Gasteiger partial charge in [-0.05, 0) is 5.56 Å². The lowest BCUT2D eigenvalue weighted by Crippen LogP contribution is -2.31. The van der Waals surface area contributed by atoms with Crippen molar-refractivity contribution < 1.29 is 4.79 Å². The molecule has 1 amide bonds. The summed E-state index contributed by atoms with van der Waals surface area (Å²) in [7, 11) is 0. The molecule has 15 heavy (non-hydrogen) atoms. The van der Waals surface area contributed by atoms with Crippen LogP contribution in [0.5, 0.6) is 0 Å². The molecule has 1 fully saturated rings. The van der Waals surface area contributed by atoms with Crippen LogP contribution in [-0.4, -0.2) is 20.9 Å². The van der Waals surface area contributed by atoms with E-state index in [2.05, 4.69) is 0 Å². The number of carbonyl (C=O) groups excluding carboxylic acids is 1. The molecule has 0 spiro atoms. The maximum absolute atomic E-state index is 11.5. The summed E-state index contributed by atoms with van der Waals surface area (Å²) in [6.07, 6.45) is 0. The molecule has 1 aliphatic heterocycles. The van der Waals surface area contributed by atoms with Crippen molar-refractivity contribution in [3.8, 4) is 0 Å². The van der Waals surface area contributed by atoms with Crippen molar-refractivity contribution in [3.05, 3.63) is 35.9 Å². The van der Waals surface area contributed by atoms with E-state index in [4.69, 9.17) is 12.2 Å². The van der Waals surface area contributed by atoms with E-state index >= 15 is 0 Å². The lowest BCUT2D eigenvalue weighted by molar-refractivity contribution is -0.126. The zero-order valence-electron chi connectivity index (χ0n) is 8.34. The van der Waals surface area contributed by atoms with Crippen LogP contribution in [0.15, 0.2) is 30.3 Å². The summed E-state index contributed by atoms with van der Waals surface area (Å²) in [6, 6.07) is 10.1.